The number of hydrogen-bond donors (Lipinski definition) is 1. The summed E-state index contributed by atoms with van der Waals surface area (Å²) < 4.78 is 6.70. The number of rotatable bonds is 4. The van der Waals surface area contributed by atoms with Crippen molar-refractivity contribution in [2.75, 3.05) is 6.54 Å². The standard InChI is InChI=1S/C14H15BrClNO/c1-3-17-14(13-7-4-9(2)18-13)11-6-5-10(16)8-12(11)15/h4-8,14,17H,3H2,1-2H3. The molecule has 0 fully saturated rings. The molecule has 1 heterocycles. The lowest BCUT2D eigenvalue weighted by Crippen LogP contribution is -2.21. The van der Waals surface area contributed by atoms with Crippen molar-refractivity contribution in [1.82, 2.24) is 5.32 Å². The summed E-state index contributed by atoms with van der Waals surface area (Å²) in [5.41, 5.74) is 1.12. The highest BCUT2D eigenvalue weighted by molar-refractivity contribution is 9.10. The van der Waals surface area contributed by atoms with Gasteiger partial charge < -0.3 is 9.73 Å². The molecule has 0 radical (unpaired) electrons. The second-order valence-electron chi connectivity index (χ2n) is 4.10. The van der Waals surface area contributed by atoms with Crippen molar-refractivity contribution in [2.24, 2.45) is 0 Å². The lowest BCUT2D eigenvalue weighted by atomic mass is 10.0. The van der Waals surface area contributed by atoms with Crippen LogP contribution in [-0.4, -0.2) is 6.54 Å². The number of halogens is 2. The molecular weight excluding hydrogens is 314 g/mol. The molecule has 1 atom stereocenters. The second kappa shape index (κ2) is 5.91. The van der Waals surface area contributed by atoms with Gasteiger partial charge >= 0.3 is 0 Å². The molecule has 0 saturated heterocycles. The normalized spacial score (nSPS) is 12.7. The Labute approximate surface area is 120 Å². The third kappa shape index (κ3) is 2.97. The number of furan rings is 1. The Hall–Kier alpha value is -0.770. The Balaban J connectivity index is 2.41. The van der Waals surface area contributed by atoms with Crippen LogP contribution in [0.15, 0.2) is 39.2 Å². The average molecular weight is 329 g/mol. The number of aryl methyl sites for hydroxylation is 1. The van der Waals surface area contributed by atoms with Gasteiger partial charge in [-0.2, -0.15) is 0 Å². The number of benzene rings is 1. The highest BCUT2D eigenvalue weighted by Gasteiger charge is 2.19. The van der Waals surface area contributed by atoms with Crippen LogP contribution in [-0.2, 0) is 0 Å². The van der Waals surface area contributed by atoms with Crippen LogP contribution in [0.4, 0.5) is 0 Å². The van der Waals surface area contributed by atoms with Crippen molar-refractivity contribution in [3.8, 4) is 0 Å². The van der Waals surface area contributed by atoms with Crippen LogP contribution in [0.3, 0.4) is 0 Å². The maximum atomic E-state index is 5.97. The van der Waals surface area contributed by atoms with E-state index in [2.05, 4.69) is 28.2 Å². The van der Waals surface area contributed by atoms with Gasteiger partial charge in [-0.05, 0) is 43.3 Å². The summed E-state index contributed by atoms with van der Waals surface area (Å²) >= 11 is 9.53. The molecule has 1 N–H and O–H groups in total. The molecule has 1 unspecified atom stereocenters. The molecule has 0 aliphatic heterocycles. The highest BCUT2D eigenvalue weighted by atomic mass is 79.9. The highest BCUT2D eigenvalue weighted by Crippen LogP contribution is 2.31. The summed E-state index contributed by atoms with van der Waals surface area (Å²) in [6, 6.07) is 9.82. The van der Waals surface area contributed by atoms with E-state index in [9.17, 15) is 0 Å². The first-order chi connectivity index (χ1) is 8.61. The smallest absolute Gasteiger partial charge is 0.125 e. The molecular formula is C14H15BrClNO. The van der Waals surface area contributed by atoms with Crippen molar-refractivity contribution in [3.05, 3.63) is 56.9 Å². The van der Waals surface area contributed by atoms with Crippen molar-refractivity contribution in [2.45, 2.75) is 19.9 Å². The Kier molecular flexibility index (Phi) is 4.49. The summed E-state index contributed by atoms with van der Waals surface area (Å²) in [5.74, 6) is 1.83. The van der Waals surface area contributed by atoms with Gasteiger partial charge in [-0.25, -0.2) is 0 Å². The van der Waals surface area contributed by atoms with Gasteiger partial charge in [-0.1, -0.05) is 40.5 Å². The van der Waals surface area contributed by atoms with E-state index in [4.69, 9.17) is 16.0 Å². The first-order valence-corrected chi connectivity index (χ1v) is 7.03. The largest absolute Gasteiger partial charge is 0.464 e. The minimum atomic E-state index is 0.0374. The summed E-state index contributed by atoms with van der Waals surface area (Å²) in [5, 5.41) is 4.14. The third-order valence-electron chi connectivity index (χ3n) is 2.73. The molecule has 4 heteroatoms. The minimum Gasteiger partial charge on any atom is -0.464 e. The van der Waals surface area contributed by atoms with Gasteiger partial charge in [0, 0.05) is 9.50 Å². The fraction of sp³-hybridized carbons (Fsp3) is 0.286. The van der Waals surface area contributed by atoms with Gasteiger partial charge in [-0.15, -0.1) is 0 Å². The van der Waals surface area contributed by atoms with Crippen LogP contribution in [0.2, 0.25) is 5.02 Å². The fourth-order valence-corrected chi connectivity index (χ4v) is 2.82. The summed E-state index contributed by atoms with van der Waals surface area (Å²) in [7, 11) is 0. The monoisotopic (exact) mass is 327 g/mol. The van der Waals surface area contributed by atoms with Crippen LogP contribution >= 0.6 is 27.5 Å². The van der Waals surface area contributed by atoms with Gasteiger partial charge in [0.15, 0.2) is 0 Å². The van der Waals surface area contributed by atoms with E-state index in [1.54, 1.807) is 0 Å². The first-order valence-electron chi connectivity index (χ1n) is 5.86. The molecule has 0 bridgehead atoms. The molecule has 0 aliphatic carbocycles. The Morgan fingerprint density at radius 2 is 2.11 bits per heavy atom. The Morgan fingerprint density at radius 3 is 2.67 bits per heavy atom. The van der Waals surface area contributed by atoms with Crippen molar-refractivity contribution in [3.63, 3.8) is 0 Å². The quantitative estimate of drug-likeness (QED) is 0.880. The molecule has 96 valence electrons. The van der Waals surface area contributed by atoms with Crippen LogP contribution in [0.5, 0.6) is 0 Å². The topological polar surface area (TPSA) is 25.2 Å². The molecule has 2 aromatic rings. The summed E-state index contributed by atoms with van der Waals surface area (Å²) in [6.07, 6.45) is 0. The summed E-state index contributed by atoms with van der Waals surface area (Å²) in [6.45, 7) is 4.88. The predicted octanol–water partition coefficient (Wildman–Crippen LogP) is 4.70. The zero-order chi connectivity index (χ0) is 13.1. The van der Waals surface area contributed by atoms with Crippen LogP contribution < -0.4 is 5.32 Å². The van der Waals surface area contributed by atoms with Crippen LogP contribution in [0.1, 0.15) is 30.0 Å². The molecule has 1 aromatic heterocycles. The molecule has 0 aliphatic rings. The van der Waals surface area contributed by atoms with Crippen LogP contribution in [0.25, 0.3) is 0 Å². The SMILES string of the molecule is CCNC(c1ccc(C)o1)c1ccc(Cl)cc1Br. The van der Waals surface area contributed by atoms with Gasteiger partial charge in [0.2, 0.25) is 0 Å². The van der Waals surface area contributed by atoms with Crippen molar-refractivity contribution < 1.29 is 4.42 Å². The molecule has 18 heavy (non-hydrogen) atoms. The molecule has 0 amide bonds. The van der Waals surface area contributed by atoms with E-state index in [0.29, 0.717) is 0 Å². The average Bonchev–Trinajstić information content (AvgIpc) is 2.73. The van der Waals surface area contributed by atoms with E-state index in [0.717, 1.165) is 33.1 Å². The lowest BCUT2D eigenvalue weighted by molar-refractivity contribution is 0.434. The van der Waals surface area contributed by atoms with E-state index in [1.807, 2.05) is 37.3 Å². The maximum absolute atomic E-state index is 5.97. The van der Waals surface area contributed by atoms with E-state index in [1.165, 1.54) is 0 Å². The predicted molar refractivity (Wildman–Crippen MR) is 78.1 cm³/mol. The molecule has 2 rings (SSSR count). The summed E-state index contributed by atoms with van der Waals surface area (Å²) in [4.78, 5) is 0. The Bertz CT molecular complexity index is 538. The number of nitrogens with one attached hydrogen (secondary N) is 1. The van der Waals surface area contributed by atoms with Gasteiger partial charge in [0.05, 0.1) is 6.04 Å². The zero-order valence-electron chi connectivity index (χ0n) is 10.3. The zero-order valence-corrected chi connectivity index (χ0v) is 12.7. The van der Waals surface area contributed by atoms with Crippen molar-refractivity contribution >= 4 is 27.5 Å². The van der Waals surface area contributed by atoms with Gasteiger partial charge in [-0.3, -0.25) is 0 Å². The molecule has 1 aromatic carbocycles. The fourth-order valence-electron chi connectivity index (χ4n) is 1.91. The lowest BCUT2D eigenvalue weighted by Gasteiger charge is -2.17. The van der Waals surface area contributed by atoms with E-state index >= 15 is 0 Å². The van der Waals surface area contributed by atoms with Crippen molar-refractivity contribution in [1.29, 1.82) is 0 Å². The second-order valence-corrected chi connectivity index (χ2v) is 5.40. The van der Waals surface area contributed by atoms with Gasteiger partial charge in [0.25, 0.3) is 0 Å². The number of hydrogen-bond acceptors (Lipinski definition) is 2. The third-order valence-corrected chi connectivity index (χ3v) is 3.65. The molecule has 0 spiro atoms. The Morgan fingerprint density at radius 1 is 1.33 bits per heavy atom. The van der Waals surface area contributed by atoms with E-state index < -0.39 is 0 Å². The molecule has 2 nitrogen and oxygen atoms in total. The first kappa shape index (κ1) is 13.7. The molecule has 0 saturated carbocycles. The minimum absolute atomic E-state index is 0.0374. The maximum Gasteiger partial charge on any atom is 0.125 e. The van der Waals surface area contributed by atoms with Gasteiger partial charge in [0.1, 0.15) is 11.5 Å². The van der Waals surface area contributed by atoms with E-state index in [-0.39, 0.29) is 6.04 Å². The van der Waals surface area contributed by atoms with Crippen LogP contribution in [0, 0.1) is 6.92 Å².